The first kappa shape index (κ1) is 26.9. The molecule has 3 rings (SSSR count). The van der Waals surface area contributed by atoms with Gasteiger partial charge in [-0.15, -0.1) is 24.0 Å². The molecule has 178 valence electrons. The topological polar surface area (TPSA) is 79.0 Å². The van der Waals surface area contributed by atoms with Crippen molar-refractivity contribution in [3.63, 3.8) is 0 Å². The second-order valence-corrected chi connectivity index (χ2v) is 8.03. The molecule has 1 unspecified atom stereocenters. The Balaban J connectivity index is 0.00000385. The number of furan rings is 1. The fourth-order valence-corrected chi connectivity index (χ4v) is 3.18. The van der Waals surface area contributed by atoms with E-state index in [9.17, 15) is 5.11 Å². The quantitative estimate of drug-likeness (QED) is 0.186. The molecule has 0 fully saturated rings. The van der Waals surface area contributed by atoms with E-state index >= 15 is 0 Å². The molecule has 0 aliphatic rings. The number of aliphatic imine (C=N–C) groups is 1. The van der Waals surface area contributed by atoms with Crippen molar-refractivity contribution in [2.75, 3.05) is 13.1 Å². The van der Waals surface area contributed by atoms with Crippen molar-refractivity contribution < 1.29 is 14.3 Å². The first-order valence-electron chi connectivity index (χ1n) is 11.0. The van der Waals surface area contributed by atoms with Crippen molar-refractivity contribution in [1.29, 1.82) is 0 Å². The highest BCUT2D eigenvalue weighted by Gasteiger charge is 2.27. The highest BCUT2D eigenvalue weighted by atomic mass is 127. The molecule has 0 bridgehead atoms. The van der Waals surface area contributed by atoms with E-state index in [1.807, 2.05) is 38.1 Å². The largest absolute Gasteiger partial charge is 0.463 e. The zero-order chi connectivity index (χ0) is 22.8. The summed E-state index contributed by atoms with van der Waals surface area (Å²) in [5, 5.41) is 17.1. The summed E-state index contributed by atoms with van der Waals surface area (Å²) >= 11 is 0. The third-order valence-electron chi connectivity index (χ3n) is 5.04. The second kappa shape index (κ2) is 13.4. The van der Waals surface area contributed by atoms with Crippen LogP contribution in [0, 0.1) is 6.92 Å². The number of hydrogen-bond donors (Lipinski definition) is 3. The van der Waals surface area contributed by atoms with E-state index in [-0.39, 0.29) is 30.5 Å². The Hall–Kier alpha value is -2.36. The van der Waals surface area contributed by atoms with Gasteiger partial charge in [0.1, 0.15) is 17.1 Å². The number of benzene rings is 2. The number of aliphatic hydroxyl groups is 1. The van der Waals surface area contributed by atoms with Crippen LogP contribution in [0.4, 0.5) is 0 Å². The maximum absolute atomic E-state index is 10.7. The maximum Gasteiger partial charge on any atom is 0.191 e. The van der Waals surface area contributed by atoms with E-state index in [4.69, 9.17) is 9.15 Å². The van der Waals surface area contributed by atoms with Crippen LogP contribution >= 0.6 is 24.0 Å². The number of halogens is 1. The Morgan fingerprint density at radius 3 is 2.18 bits per heavy atom. The lowest BCUT2D eigenvalue weighted by Crippen LogP contribution is -2.44. The summed E-state index contributed by atoms with van der Waals surface area (Å²) in [5.41, 5.74) is 2.26. The molecule has 33 heavy (non-hydrogen) atoms. The van der Waals surface area contributed by atoms with Gasteiger partial charge >= 0.3 is 0 Å². The summed E-state index contributed by atoms with van der Waals surface area (Å²) in [6, 6.07) is 22.1. The molecule has 6 nitrogen and oxygen atoms in total. The van der Waals surface area contributed by atoms with Gasteiger partial charge in [0.15, 0.2) is 5.96 Å². The van der Waals surface area contributed by atoms with Gasteiger partial charge in [0.25, 0.3) is 0 Å². The van der Waals surface area contributed by atoms with Crippen molar-refractivity contribution in [1.82, 2.24) is 10.6 Å². The SMILES string of the molecule is CCNC(=NCc1ccc(COCc2ccccc2)cc1)NCC(C)(O)c1ccc(C)o1.I. The highest BCUT2D eigenvalue weighted by Crippen LogP contribution is 2.21. The van der Waals surface area contributed by atoms with Gasteiger partial charge in [0, 0.05) is 6.54 Å². The Morgan fingerprint density at radius 1 is 0.939 bits per heavy atom. The summed E-state index contributed by atoms with van der Waals surface area (Å²) in [5.74, 6) is 1.95. The number of ether oxygens (including phenoxy) is 1. The third-order valence-corrected chi connectivity index (χ3v) is 5.04. The van der Waals surface area contributed by atoms with Gasteiger partial charge in [-0.3, -0.25) is 0 Å². The first-order valence-corrected chi connectivity index (χ1v) is 11.0. The fourth-order valence-electron chi connectivity index (χ4n) is 3.18. The molecule has 0 aliphatic heterocycles. The second-order valence-electron chi connectivity index (χ2n) is 8.03. The van der Waals surface area contributed by atoms with Crippen LogP contribution in [0.5, 0.6) is 0 Å². The number of guanidine groups is 1. The third kappa shape index (κ3) is 8.83. The van der Waals surface area contributed by atoms with Crippen LogP contribution in [0.15, 0.2) is 76.1 Å². The Bertz CT molecular complexity index is 986. The lowest BCUT2D eigenvalue weighted by atomic mass is 10.0. The number of aryl methyl sites for hydroxylation is 1. The normalized spacial score (nSPS) is 13.2. The van der Waals surface area contributed by atoms with Gasteiger partial charge in [0.2, 0.25) is 0 Å². The first-order chi connectivity index (χ1) is 15.5. The van der Waals surface area contributed by atoms with Gasteiger partial charge in [-0.25, -0.2) is 4.99 Å². The van der Waals surface area contributed by atoms with Crippen molar-refractivity contribution in [2.45, 2.75) is 46.1 Å². The molecule has 0 aliphatic carbocycles. The van der Waals surface area contributed by atoms with E-state index < -0.39 is 5.60 Å². The van der Waals surface area contributed by atoms with E-state index in [0.29, 0.717) is 31.5 Å². The Labute approximate surface area is 213 Å². The smallest absolute Gasteiger partial charge is 0.191 e. The van der Waals surface area contributed by atoms with E-state index in [0.717, 1.165) is 23.4 Å². The minimum Gasteiger partial charge on any atom is -0.463 e. The van der Waals surface area contributed by atoms with Crippen LogP contribution in [-0.4, -0.2) is 24.2 Å². The Morgan fingerprint density at radius 2 is 1.58 bits per heavy atom. The van der Waals surface area contributed by atoms with Crippen LogP contribution < -0.4 is 10.6 Å². The number of nitrogens with zero attached hydrogens (tertiary/aromatic N) is 1. The molecule has 1 heterocycles. The molecular weight excluding hydrogens is 529 g/mol. The van der Waals surface area contributed by atoms with Gasteiger partial charge in [0.05, 0.1) is 26.3 Å². The van der Waals surface area contributed by atoms with Gasteiger partial charge in [-0.2, -0.15) is 0 Å². The van der Waals surface area contributed by atoms with Crippen LogP contribution in [0.3, 0.4) is 0 Å². The van der Waals surface area contributed by atoms with Crippen molar-refractivity contribution >= 4 is 29.9 Å². The molecule has 0 saturated heterocycles. The van der Waals surface area contributed by atoms with E-state index in [1.54, 1.807) is 13.0 Å². The molecule has 0 amide bonds. The molecular formula is C26H34IN3O3. The number of nitrogens with one attached hydrogen (secondary N) is 2. The van der Waals surface area contributed by atoms with Gasteiger partial charge in [-0.05, 0) is 49.6 Å². The zero-order valence-electron chi connectivity index (χ0n) is 19.5. The minimum atomic E-state index is -1.13. The summed E-state index contributed by atoms with van der Waals surface area (Å²) in [6.45, 7) is 8.31. The molecule has 3 aromatic rings. The Kier molecular flexibility index (Phi) is 10.9. The van der Waals surface area contributed by atoms with Crippen LogP contribution in [-0.2, 0) is 30.1 Å². The molecule has 3 N–H and O–H groups in total. The van der Waals surface area contributed by atoms with Crippen LogP contribution in [0.1, 0.15) is 42.1 Å². The minimum absolute atomic E-state index is 0. The summed E-state index contributed by atoms with van der Waals surface area (Å²) in [4.78, 5) is 4.64. The van der Waals surface area contributed by atoms with Crippen LogP contribution in [0.25, 0.3) is 0 Å². The number of rotatable bonds is 10. The van der Waals surface area contributed by atoms with E-state index in [2.05, 4.69) is 52.0 Å². The molecule has 0 saturated carbocycles. The molecule has 1 aromatic heterocycles. The summed E-state index contributed by atoms with van der Waals surface area (Å²) in [6.07, 6.45) is 0. The molecule has 2 aromatic carbocycles. The predicted molar refractivity (Wildman–Crippen MR) is 143 cm³/mol. The predicted octanol–water partition coefficient (Wildman–Crippen LogP) is 4.89. The summed E-state index contributed by atoms with van der Waals surface area (Å²) in [7, 11) is 0. The van der Waals surface area contributed by atoms with Crippen molar-refractivity contribution in [3.8, 4) is 0 Å². The average Bonchev–Trinajstić information content (AvgIpc) is 3.25. The average molecular weight is 563 g/mol. The molecule has 1 atom stereocenters. The highest BCUT2D eigenvalue weighted by molar-refractivity contribution is 14.0. The number of hydrogen-bond acceptors (Lipinski definition) is 4. The van der Waals surface area contributed by atoms with Gasteiger partial charge < -0.3 is 24.9 Å². The lowest BCUT2D eigenvalue weighted by Gasteiger charge is -2.22. The summed E-state index contributed by atoms with van der Waals surface area (Å²) < 4.78 is 11.4. The fraction of sp³-hybridized carbons (Fsp3) is 0.346. The monoisotopic (exact) mass is 563 g/mol. The standard InChI is InChI=1S/C26H33N3O3.HI/c1-4-27-25(29-19-26(3,30)24-15-10-20(2)32-24)28-16-21-11-13-23(14-12-21)18-31-17-22-8-6-5-7-9-22;/h5-15,30H,4,16-19H2,1-3H3,(H2,27,28,29);1H. The zero-order valence-corrected chi connectivity index (χ0v) is 21.8. The van der Waals surface area contributed by atoms with E-state index in [1.165, 1.54) is 5.56 Å². The van der Waals surface area contributed by atoms with Crippen molar-refractivity contribution in [3.05, 3.63) is 94.9 Å². The van der Waals surface area contributed by atoms with Gasteiger partial charge in [-0.1, -0.05) is 54.6 Å². The molecule has 0 radical (unpaired) electrons. The van der Waals surface area contributed by atoms with Crippen LogP contribution in [0.2, 0.25) is 0 Å². The molecule has 7 heteroatoms. The maximum atomic E-state index is 10.7. The molecule has 0 spiro atoms. The lowest BCUT2D eigenvalue weighted by molar-refractivity contribution is 0.0378. The van der Waals surface area contributed by atoms with Crippen molar-refractivity contribution in [2.24, 2.45) is 4.99 Å².